The fourth-order valence-corrected chi connectivity index (χ4v) is 5.16. The van der Waals surface area contributed by atoms with Crippen LogP contribution >= 0.6 is 0 Å². The van der Waals surface area contributed by atoms with Gasteiger partial charge in [0.15, 0.2) is 0 Å². The van der Waals surface area contributed by atoms with E-state index in [9.17, 15) is 10.2 Å². The van der Waals surface area contributed by atoms with Crippen LogP contribution in [0.4, 0.5) is 0 Å². The van der Waals surface area contributed by atoms with Gasteiger partial charge in [0.25, 0.3) is 0 Å². The van der Waals surface area contributed by atoms with Crippen LogP contribution in [0, 0.1) is 6.92 Å². The van der Waals surface area contributed by atoms with Crippen LogP contribution in [0.25, 0.3) is 0 Å². The topological polar surface area (TPSA) is 46.9 Å². The summed E-state index contributed by atoms with van der Waals surface area (Å²) >= 11 is 0. The number of hydrogen-bond acceptors (Lipinski definition) is 4. The number of benzene rings is 2. The maximum absolute atomic E-state index is 11.1. The van der Waals surface area contributed by atoms with Crippen LogP contribution in [0.1, 0.15) is 102 Å². The Hall–Kier alpha value is -2.04. The Bertz CT molecular complexity index is 1020. The quantitative estimate of drug-likeness (QED) is 0.496. The lowest BCUT2D eigenvalue weighted by Crippen LogP contribution is -2.43. The second kappa shape index (κ2) is 9.78. The van der Waals surface area contributed by atoms with E-state index < -0.39 is 0 Å². The summed E-state index contributed by atoms with van der Waals surface area (Å²) in [6.45, 7) is 26.3. The maximum Gasteiger partial charge on any atom is 0.123 e. The molecule has 0 saturated carbocycles. The molecule has 3 rings (SSSR count). The Balaban J connectivity index is 1.82. The largest absolute Gasteiger partial charge is 0.507 e. The second-order valence-corrected chi connectivity index (χ2v) is 13.7. The molecule has 2 aromatic carbocycles. The summed E-state index contributed by atoms with van der Waals surface area (Å²) in [5.74, 6) is 0.879. The molecule has 0 unspecified atom stereocenters. The van der Waals surface area contributed by atoms with E-state index in [0.717, 1.165) is 61.5 Å². The van der Waals surface area contributed by atoms with E-state index in [1.54, 1.807) is 0 Å². The molecule has 1 saturated heterocycles. The van der Waals surface area contributed by atoms with Gasteiger partial charge in [0, 0.05) is 26.2 Å². The number of nitrogens with zero attached hydrogens (tertiary/aromatic N) is 2. The minimum Gasteiger partial charge on any atom is -0.507 e. The third kappa shape index (κ3) is 6.59. The predicted molar refractivity (Wildman–Crippen MR) is 147 cm³/mol. The lowest BCUT2D eigenvalue weighted by molar-refractivity contribution is 0.0744. The van der Waals surface area contributed by atoms with Crippen molar-refractivity contribution < 1.29 is 10.2 Å². The molecule has 1 aliphatic heterocycles. The van der Waals surface area contributed by atoms with E-state index in [0.29, 0.717) is 11.5 Å². The molecule has 0 aliphatic carbocycles. The lowest BCUT2D eigenvalue weighted by atomic mass is 9.78. The zero-order valence-electron chi connectivity index (χ0n) is 23.8. The summed E-state index contributed by atoms with van der Waals surface area (Å²) in [5, 5.41) is 21.7. The van der Waals surface area contributed by atoms with Crippen molar-refractivity contribution in [2.45, 2.75) is 105 Å². The molecule has 0 atom stereocenters. The minimum absolute atomic E-state index is 0.0901. The molecule has 0 spiro atoms. The van der Waals surface area contributed by atoms with Crippen LogP contribution in [-0.4, -0.2) is 39.8 Å². The van der Waals surface area contributed by atoms with Crippen molar-refractivity contribution in [3.8, 4) is 11.5 Å². The molecule has 1 fully saturated rings. The first kappa shape index (κ1) is 27.5. The smallest absolute Gasteiger partial charge is 0.123 e. The van der Waals surface area contributed by atoms with Gasteiger partial charge in [-0.05, 0) is 63.0 Å². The Morgan fingerprint density at radius 1 is 0.629 bits per heavy atom. The van der Waals surface area contributed by atoms with Crippen LogP contribution in [-0.2, 0) is 29.3 Å². The van der Waals surface area contributed by atoms with Crippen molar-refractivity contribution in [1.82, 2.24) is 9.80 Å². The Labute approximate surface area is 214 Å². The first-order valence-electron chi connectivity index (χ1n) is 13.1. The van der Waals surface area contributed by atoms with Crippen molar-refractivity contribution in [2.24, 2.45) is 0 Å². The standard InChI is InChI=1S/C31H48N2O2/c1-21-14-22(15-24(27(21)34)29(2,3)4)18-32-12-11-13-33(20-32)19-23-16-25(30(5,6)7)28(35)26(17-23)31(8,9)10/h14-17,34-35H,11-13,18-20H2,1-10H3. The molecule has 35 heavy (non-hydrogen) atoms. The van der Waals surface area contributed by atoms with Crippen LogP contribution in [0.5, 0.6) is 11.5 Å². The number of hydrogen-bond donors (Lipinski definition) is 2. The van der Waals surface area contributed by atoms with Crippen molar-refractivity contribution in [3.05, 3.63) is 57.6 Å². The zero-order valence-corrected chi connectivity index (χ0v) is 23.8. The second-order valence-electron chi connectivity index (χ2n) is 13.7. The van der Waals surface area contributed by atoms with Gasteiger partial charge in [0.05, 0.1) is 6.67 Å². The monoisotopic (exact) mass is 480 g/mol. The highest BCUT2D eigenvalue weighted by Gasteiger charge is 2.28. The number of rotatable bonds is 4. The Kier molecular flexibility index (Phi) is 7.70. The maximum atomic E-state index is 11.1. The first-order chi connectivity index (χ1) is 16.0. The highest BCUT2D eigenvalue weighted by atomic mass is 16.3. The normalized spacial score (nSPS) is 16.6. The van der Waals surface area contributed by atoms with E-state index in [2.05, 4.69) is 96.4 Å². The van der Waals surface area contributed by atoms with E-state index >= 15 is 0 Å². The van der Waals surface area contributed by atoms with Crippen LogP contribution in [0.2, 0.25) is 0 Å². The van der Waals surface area contributed by atoms with Gasteiger partial charge >= 0.3 is 0 Å². The fraction of sp³-hybridized carbons (Fsp3) is 0.613. The highest BCUT2D eigenvalue weighted by Crippen LogP contribution is 2.40. The van der Waals surface area contributed by atoms with Crippen molar-refractivity contribution in [3.63, 3.8) is 0 Å². The molecule has 0 radical (unpaired) electrons. The molecule has 2 N–H and O–H groups in total. The van der Waals surface area contributed by atoms with Crippen LogP contribution in [0.3, 0.4) is 0 Å². The first-order valence-corrected chi connectivity index (χ1v) is 13.1. The molecule has 194 valence electrons. The molecule has 1 heterocycles. The van der Waals surface area contributed by atoms with Crippen molar-refractivity contribution in [2.75, 3.05) is 19.8 Å². The summed E-state index contributed by atoms with van der Waals surface area (Å²) in [4.78, 5) is 5.03. The average molecular weight is 481 g/mol. The van der Waals surface area contributed by atoms with Crippen molar-refractivity contribution >= 4 is 0 Å². The molecular formula is C31H48N2O2. The predicted octanol–water partition coefficient (Wildman–Crippen LogP) is 6.96. The van der Waals surface area contributed by atoms with E-state index in [1.165, 1.54) is 11.1 Å². The van der Waals surface area contributed by atoms with Gasteiger partial charge in [-0.15, -0.1) is 0 Å². The molecule has 1 aliphatic rings. The van der Waals surface area contributed by atoms with E-state index in [1.807, 2.05) is 6.92 Å². The lowest BCUT2D eigenvalue weighted by Gasteiger charge is -2.36. The SMILES string of the molecule is Cc1cc(CN2CCCN(Cc3cc(C(C)(C)C)c(O)c(C(C)(C)C)c3)C2)cc(C(C)(C)C)c1O. The van der Waals surface area contributed by atoms with Gasteiger partial charge in [0.2, 0.25) is 0 Å². The number of aryl methyl sites for hydroxylation is 1. The Morgan fingerprint density at radius 2 is 1.00 bits per heavy atom. The van der Waals surface area contributed by atoms with Gasteiger partial charge in [-0.3, -0.25) is 9.80 Å². The minimum atomic E-state index is -0.116. The van der Waals surface area contributed by atoms with Gasteiger partial charge in [0.1, 0.15) is 11.5 Å². The summed E-state index contributed by atoms with van der Waals surface area (Å²) < 4.78 is 0. The molecule has 0 amide bonds. The highest BCUT2D eigenvalue weighted by molar-refractivity contribution is 5.50. The Morgan fingerprint density at radius 3 is 1.40 bits per heavy atom. The zero-order chi connectivity index (χ0) is 26.3. The molecule has 4 nitrogen and oxygen atoms in total. The third-order valence-electron chi connectivity index (χ3n) is 7.12. The van der Waals surface area contributed by atoms with E-state index in [-0.39, 0.29) is 16.2 Å². The third-order valence-corrected chi connectivity index (χ3v) is 7.12. The summed E-state index contributed by atoms with van der Waals surface area (Å²) in [6.07, 6.45) is 1.14. The van der Waals surface area contributed by atoms with Gasteiger partial charge in [-0.25, -0.2) is 0 Å². The number of phenols is 2. The van der Waals surface area contributed by atoms with Gasteiger partial charge < -0.3 is 10.2 Å². The van der Waals surface area contributed by atoms with Gasteiger partial charge in [-0.2, -0.15) is 0 Å². The molecule has 2 aromatic rings. The fourth-order valence-electron chi connectivity index (χ4n) is 5.16. The number of phenolic OH excluding ortho intramolecular Hbond substituents is 2. The molecule has 4 heteroatoms. The van der Waals surface area contributed by atoms with Crippen LogP contribution < -0.4 is 0 Å². The molecular weight excluding hydrogens is 432 g/mol. The summed E-state index contributed by atoms with van der Waals surface area (Å²) in [7, 11) is 0. The summed E-state index contributed by atoms with van der Waals surface area (Å²) in [6, 6.07) is 8.74. The van der Waals surface area contributed by atoms with E-state index in [4.69, 9.17) is 0 Å². The molecule has 0 bridgehead atoms. The van der Waals surface area contributed by atoms with Crippen molar-refractivity contribution in [1.29, 1.82) is 0 Å². The number of aromatic hydroxyl groups is 2. The van der Waals surface area contributed by atoms with Gasteiger partial charge in [-0.1, -0.05) is 86.6 Å². The molecule has 0 aromatic heterocycles. The van der Waals surface area contributed by atoms with Crippen LogP contribution in [0.15, 0.2) is 24.3 Å². The summed E-state index contributed by atoms with van der Waals surface area (Å²) in [5.41, 5.74) is 6.26. The average Bonchev–Trinajstić information content (AvgIpc) is 2.69.